The molecule has 0 spiro atoms. The second-order valence-corrected chi connectivity index (χ2v) is 9.44. The molecule has 10 nitrogen and oxygen atoms in total. The third-order valence-corrected chi connectivity index (χ3v) is 5.48. The highest BCUT2D eigenvalue weighted by Crippen LogP contribution is 2.37. The van der Waals surface area contributed by atoms with Crippen LogP contribution in [0.1, 0.15) is 25.5 Å². The molecule has 2 heterocycles. The fraction of sp³-hybridized carbons (Fsp3) is 0.286. The number of aromatic nitrogens is 5. The first-order valence-corrected chi connectivity index (χ1v) is 11.7. The minimum Gasteiger partial charge on any atom is -0.504 e. The summed E-state index contributed by atoms with van der Waals surface area (Å²) in [6.07, 6.45) is 2.92. The van der Waals surface area contributed by atoms with Crippen molar-refractivity contribution in [1.29, 1.82) is 4.78 Å². The minimum atomic E-state index is -3.38. The van der Waals surface area contributed by atoms with Gasteiger partial charge in [-0.15, -0.1) is 5.10 Å². The number of aryl methyl sites for hydroxylation is 1. The van der Waals surface area contributed by atoms with Crippen molar-refractivity contribution in [1.82, 2.24) is 24.3 Å². The Kier molecular flexibility index (Phi) is 5.29. The van der Waals surface area contributed by atoms with Crippen molar-refractivity contribution < 1.29 is 18.2 Å². The molecule has 0 aliphatic carbocycles. The van der Waals surface area contributed by atoms with Crippen LogP contribution in [0, 0.1) is 11.7 Å². The maximum atomic E-state index is 12.1. The molecule has 2 aromatic carbocycles. The number of methoxy groups -OCH3 is 1. The van der Waals surface area contributed by atoms with E-state index in [4.69, 9.17) is 13.7 Å². The summed E-state index contributed by atoms with van der Waals surface area (Å²) in [5.41, 5.74) is 3.50. The molecule has 0 bridgehead atoms. The smallest absolute Gasteiger partial charge is 0.337 e. The van der Waals surface area contributed by atoms with Crippen molar-refractivity contribution in [2.24, 2.45) is 0 Å². The van der Waals surface area contributed by atoms with Gasteiger partial charge in [0, 0.05) is 11.6 Å². The van der Waals surface area contributed by atoms with E-state index in [0.717, 1.165) is 11.8 Å². The second-order valence-electron chi connectivity index (χ2n) is 7.73. The van der Waals surface area contributed by atoms with Crippen molar-refractivity contribution in [3.05, 3.63) is 42.2 Å². The molecule has 4 aromatic rings. The highest BCUT2D eigenvalue weighted by atomic mass is 32.2. The first-order chi connectivity index (χ1) is 15.1. The number of rotatable bonds is 6. The van der Waals surface area contributed by atoms with E-state index in [0.29, 0.717) is 28.2 Å². The number of fused-ring (bicyclic) bond motifs is 1. The molecule has 0 fully saturated rings. The van der Waals surface area contributed by atoms with Gasteiger partial charge in [0.1, 0.15) is 5.52 Å². The quantitative estimate of drug-likeness (QED) is 0.451. The number of hydrogen-bond acceptors (Lipinski definition) is 8. The Bertz CT molecular complexity index is 1420. The summed E-state index contributed by atoms with van der Waals surface area (Å²) in [5, 5.41) is 18.5. The maximum absolute atomic E-state index is 12.1. The number of phenols is 1. The Labute approximate surface area is 185 Å². The summed E-state index contributed by atoms with van der Waals surface area (Å²) < 4.78 is 34.2. The Morgan fingerprint density at radius 1 is 1.22 bits per heavy atom. The van der Waals surface area contributed by atoms with Crippen LogP contribution < -0.4 is 8.92 Å². The largest absolute Gasteiger partial charge is 0.504 e. The molecule has 2 N–H and O–H groups in total. The molecule has 0 radical (unpaired) electrons. The number of para-hydroxylation sites is 1. The monoisotopic (exact) mass is 456 g/mol. The lowest BCUT2D eigenvalue weighted by molar-refractivity contribution is 0.373. The van der Waals surface area contributed by atoms with Gasteiger partial charge in [-0.1, -0.05) is 11.2 Å². The SMILES string of the molecule is COc1cc(-c2nnc(OS(C)(=N)=O)n2-c2cccc3c2ncn3C(C)C)c(C)cc1O. The number of nitrogens with one attached hydrogen (secondary N) is 1. The first kappa shape index (κ1) is 21.6. The van der Waals surface area contributed by atoms with Gasteiger partial charge in [0.05, 0.1) is 30.9 Å². The summed E-state index contributed by atoms with van der Waals surface area (Å²) in [7, 11) is -1.92. The van der Waals surface area contributed by atoms with Gasteiger partial charge in [-0.25, -0.2) is 18.5 Å². The van der Waals surface area contributed by atoms with Gasteiger partial charge in [-0.3, -0.25) is 0 Å². The minimum absolute atomic E-state index is 0.00296. The lowest BCUT2D eigenvalue weighted by atomic mass is 10.1. The van der Waals surface area contributed by atoms with Crippen LogP contribution in [-0.2, 0) is 10.0 Å². The second kappa shape index (κ2) is 7.83. The van der Waals surface area contributed by atoms with Crippen molar-refractivity contribution in [3.63, 3.8) is 0 Å². The molecule has 1 unspecified atom stereocenters. The molecule has 1 atom stereocenters. The summed E-state index contributed by atoms with van der Waals surface area (Å²) in [6, 6.07) is 8.96. The van der Waals surface area contributed by atoms with Gasteiger partial charge in [0.15, 0.2) is 17.3 Å². The van der Waals surface area contributed by atoms with Crippen LogP contribution in [0.4, 0.5) is 0 Å². The van der Waals surface area contributed by atoms with Crippen LogP contribution in [-0.4, -0.2) is 47.0 Å². The van der Waals surface area contributed by atoms with Gasteiger partial charge in [0.2, 0.25) is 10.0 Å². The Hall–Kier alpha value is -3.60. The summed E-state index contributed by atoms with van der Waals surface area (Å²) in [5.74, 6) is 0.632. The molecule has 2 aromatic heterocycles. The zero-order chi connectivity index (χ0) is 23.2. The summed E-state index contributed by atoms with van der Waals surface area (Å²) in [6.45, 7) is 5.94. The van der Waals surface area contributed by atoms with Gasteiger partial charge >= 0.3 is 6.01 Å². The van der Waals surface area contributed by atoms with Crippen LogP contribution in [0.3, 0.4) is 0 Å². The zero-order valence-electron chi connectivity index (χ0n) is 18.4. The Balaban J connectivity index is 2.04. The molecule has 0 aliphatic heterocycles. The standard InChI is InChI=1S/C21H24N6O4S/c1-12(2)26-11-23-19-15(26)7-6-8-16(19)27-20(24-25-21(27)31-32(5,22)29)14-10-18(30-4)17(28)9-13(14)3/h6-12,22,28H,1-5H3. The van der Waals surface area contributed by atoms with E-state index in [-0.39, 0.29) is 23.6 Å². The maximum Gasteiger partial charge on any atom is 0.337 e. The Morgan fingerprint density at radius 3 is 2.62 bits per heavy atom. The average molecular weight is 457 g/mol. The topological polar surface area (TPSA) is 128 Å². The van der Waals surface area contributed by atoms with Crippen molar-refractivity contribution >= 4 is 21.0 Å². The third-order valence-electron chi connectivity index (χ3n) is 5.01. The average Bonchev–Trinajstić information content (AvgIpc) is 3.31. The highest BCUT2D eigenvalue weighted by molar-refractivity contribution is 7.87. The third kappa shape index (κ3) is 3.75. The van der Waals surface area contributed by atoms with Gasteiger partial charge in [-0.05, 0) is 50.6 Å². The predicted octanol–water partition coefficient (Wildman–Crippen LogP) is 3.86. The van der Waals surface area contributed by atoms with Crippen LogP contribution in [0.5, 0.6) is 17.5 Å². The highest BCUT2D eigenvalue weighted by Gasteiger charge is 2.24. The fourth-order valence-corrected chi connectivity index (χ4v) is 3.96. The molecule has 168 valence electrons. The normalized spacial score (nSPS) is 13.4. The lowest BCUT2D eigenvalue weighted by Gasteiger charge is -2.14. The van der Waals surface area contributed by atoms with E-state index in [1.165, 1.54) is 7.11 Å². The van der Waals surface area contributed by atoms with Crippen molar-refractivity contribution in [2.45, 2.75) is 26.8 Å². The molecule has 0 saturated carbocycles. The van der Waals surface area contributed by atoms with E-state index < -0.39 is 10.0 Å². The fourth-order valence-electron chi connectivity index (χ4n) is 3.57. The van der Waals surface area contributed by atoms with Crippen LogP contribution >= 0.6 is 0 Å². The molecule has 4 rings (SSSR count). The molecule has 0 aliphatic rings. The number of phenolic OH excluding ortho intramolecular Hbond substituents is 1. The number of benzene rings is 2. The van der Waals surface area contributed by atoms with Gasteiger partial charge in [0.25, 0.3) is 0 Å². The summed E-state index contributed by atoms with van der Waals surface area (Å²) >= 11 is 0. The molecule has 11 heteroatoms. The van der Waals surface area contributed by atoms with Gasteiger partial charge in [-0.2, -0.15) is 0 Å². The molecular formula is C21H24N6O4S. The zero-order valence-corrected chi connectivity index (χ0v) is 19.2. The summed E-state index contributed by atoms with van der Waals surface area (Å²) in [4.78, 5) is 4.59. The van der Waals surface area contributed by atoms with E-state index in [2.05, 4.69) is 29.0 Å². The molecule has 32 heavy (non-hydrogen) atoms. The van der Waals surface area contributed by atoms with E-state index in [9.17, 15) is 9.32 Å². The van der Waals surface area contributed by atoms with Crippen LogP contribution in [0.15, 0.2) is 36.7 Å². The van der Waals surface area contributed by atoms with E-state index in [1.807, 2.05) is 29.7 Å². The number of imidazole rings is 1. The van der Waals surface area contributed by atoms with E-state index in [1.54, 1.807) is 23.0 Å². The number of hydrogen-bond donors (Lipinski definition) is 2. The first-order valence-electron chi connectivity index (χ1n) is 9.83. The molecule has 0 amide bonds. The number of nitrogens with zero attached hydrogens (tertiary/aromatic N) is 5. The Morgan fingerprint density at radius 2 is 1.97 bits per heavy atom. The lowest BCUT2D eigenvalue weighted by Crippen LogP contribution is -2.10. The number of ether oxygens (including phenoxy) is 1. The van der Waals surface area contributed by atoms with Crippen LogP contribution in [0.2, 0.25) is 0 Å². The molecular weight excluding hydrogens is 432 g/mol. The van der Waals surface area contributed by atoms with Crippen LogP contribution in [0.25, 0.3) is 28.1 Å². The molecule has 0 saturated heterocycles. The van der Waals surface area contributed by atoms with E-state index >= 15 is 0 Å². The predicted molar refractivity (Wildman–Crippen MR) is 121 cm³/mol. The van der Waals surface area contributed by atoms with Crippen molar-refractivity contribution in [2.75, 3.05) is 13.4 Å². The van der Waals surface area contributed by atoms with Gasteiger partial charge < -0.3 is 18.6 Å². The van der Waals surface area contributed by atoms with Crippen molar-refractivity contribution in [3.8, 4) is 34.6 Å². The number of aromatic hydroxyl groups is 1.